The number of amides is 1. The highest BCUT2D eigenvalue weighted by atomic mass is 32.2. The van der Waals surface area contributed by atoms with Crippen LogP contribution in [0, 0.1) is 5.92 Å². The Morgan fingerprint density at radius 1 is 1.19 bits per heavy atom. The standard InChI is InChI=1S/C23H25N5O3S/c1-15-5-2-3-7-18(15)28-22(16-6-4-10-24-12-16)26-27-23(28)32-13-21(29)25-17-8-9-19-20(11-17)31-14-30-19/h4,6,8-12,15,18H,2-3,5,7,13-14H2,1H3,(H,25,29)/t15-,18-/m1/s1. The second kappa shape index (κ2) is 9.20. The molecule has 1 N–H and O–H groups in total. The van der Waals surface area contributed by atoms with Crippen LogP contribution in [0.5, 0.6) is 11.5 Å². The number of benzene rings is 1. The third kappa shape index (κ3) is 4.29. The number of hydrogen-bond acceptors (Lipinski definition) is 7. The van der Waals surface area contributed by atoms with E-state index in [1.807, 2.05) is 24.4 Å². The molecule has 0 spiro atoms. The van der Waals surface area contributed by atoms with Crippen LogP contribution in [0.2, 0.25) is 0 Å². The Morgan fingerprint density at radius 3 is 2.91 bits per heavy atom. The molecule has 1 saturated carbocycles. The van der Waals surface area contributed by atoms with Gasteiger partial charge in [-0.1, -0.05) is 31.5 Å². The van der Waals surface area contributed by atoms with Crippen molar-refractivity contribution in [2.75, 3.05) is 17.9 Å². The summed E-state index contributed by atoms with van der Waals surface area (Å²) in [5.74, 6) is 2.80. The highest BCUT2D eigenvalue weighted by molar-refractivity contribution is 7.99. The lowest BCUT2D eigenvalue weighted by atomic mass is 9.85. The Kier molecular flexibility index (Phi) is 5.98. The van der Waals surface area contributed by atoms with Crippen LogP contribution in [0.1, 0.15) is 38.6 Å². The van der Waals surface area contributed by atoms with E-state index in [1.54, 1.807) is 18.3 Å². The van der Waals surface area contributed by atoms with Gasteiger partial charge in [0.2, 0.25) is 12.7 Å². The predicted octanol–water partition coefficient (Wildman–Crippen LogP) is 4.55. The van der Waals surface area contributed by atoms with E-state index >= 15 is 0 Å². The van der Waals surface area contributed by atoms with Crippen LogP contribution in [-0.4, -0.2) is 38.2 Å². The van der Waals surface area contributed by atoms with Gasteiger partial charge in [-0.05, 0) is 43.0 Å². The second-order valence-electron chi connectivity index (χ2n) is 8.15. The summed E-state index contributed by atoms with van der Waals surface area (Å²) in [7, 11) is 0. The van der Waals surface area contributed by atoms with Gasteiger partial charge in [-0.3, -0.25) is 14.3 Å². The number of nitrogens with zero attached hydrogens (tertiary/aromatic N) is 4. The van der Waals surface area contributed by atoms with Crippen LogP contribution < -0.4 is 14.8 Å². The van der Waals surface area contributed by atoms with E-state index in [9.17, 15) is 4.79 Å². The second-order valence-corrected chi connectivity index (χ2v) is 9.09. The van der Waals surface area contributed by atoms with Crippen molar-refractivity contribution in [3.8, 4) is 22.9 Å². The first kappa shape index (κ1) is 20.8. The fourth-order valence-electron chi connectivity index (χ4n) is 4.35. The first-order valence-electron chi connectivity index (χ1n) is 10.9. The quantitative estimate of drug-likeness (QED) is 0.550. The molecule has 1 amide bonds. The van der Waals surface area contributed by atoms with E-state index in [1.165, 1.54) is 31.0 Å². The summed E-state index contributed by atoms with van der Waals surface area (Å²) in [4.78, 5) is 16.9. The van der Waals surface area contributed by atoms with E-state index in [4.69, 9.17) is 9.47 Å². The summed E-state index contributed by atoms with van der Waals surface area (Å²) in [5, 5.41) is 12.6. The van der Waals surface area contributed by atoms with E-state index in [0.29, 0.717) is 29.1 Å². The van der Waals surface area contributed by atoms with Crippen molar-refractivity contribution < 1.29 is 14.3 Å². The van der Waals surface area contributed by atoms with Crippen LogP contribution in [0.3, 0.4) is 0 Å². The van der Waals surface area contributed by atoms with Crippen LogP contribution >= 0.6 is 11.8 Å². The molecule has 5 rings (SSSR count). The number of hydrogen-bond donors (Lipinski definition) is 1. The molecule has 166 valence electrons. The molecule has 0 radical (unpaired) electrons. The number of fused-ring (bicyclic) bond motifs is 1. The maximum atomic E-state index is 12.6. The van der Waals surface area contributed by atoms with Gasteiger partial charge in [-0.25, -0.2) is 0 Å². The van der Waals surface area contributed by atoms with Crippen molar-refractivity contribution >= 4 is 23.4 Å². The molecule has 1 aromatic carbocycles. The third-order valence-corrected chi connectivity index (χ3v) is 6.91. The maximum absolute atomic E-state index is 12.6. The van der Waals surface area contributed by atoms with Gasteiger partial charge in [0, 0.05) is 35.8 Å². The monoisotopic (exact) mass is 451 g/mol. The topological polar surface area (TPSA) is 91.2 Å². The molecule has 2 atom stereocenters. The Hall–Kier alpha value is -3.07. The lowest BCUT2D eigenvalue weighted by Gasteiger charge is -2.31. The average Bonchev–Trinajstić information content (AvgIpc) is 3.45. The smallest absolute Gasteiger partial charge is 0.234 e. The highest BCUT2D eigenvalue weighted by Crippen LogP contribution is 2.39. The van der Waals surface area contributed by atoms with Gasteiger partial charge in [0.1, 0.15) is 0 Å². The van der Waals surface area contributed by atoms with Gasteiger partial charge in [0.05, 0.1) is 5.75 Å². The fourth-order valence-corrected chi connectivity index (χ4v) is 5.14. The molecule has 0 bridgehead atoms. The number of nitrogens with one attached hydrogen (secondary N) is 1. The molecule has 1 fully saturated rings. The SMILES string of the molecule is C[C@@H]1CCCC[C@H]1n1c(SCC(=O)Nc2ccc3c(c2)OCO3)nnc1-c1cccnc1. The van der Waals surface area contributed by atoms with Gasteiger partial charge >= 0.3 is 0 Å². The summed E-state index contributed by atoms with van der Waals surface area (Å²) in [6.45, 7) is 2.49. The summed E-state index contributed by atoms with van der Waals surface area (Å²) in [6.07, 6.45) is 8.28. The molecule has 32 heavy (non-hydrogen) atoms. The molecule has 3 aromatic rings. The van der Waals surface area contributed by atoms with Crippen molar-refractivity contribution in [1.29, 1.82) is 0 Å². The summed E-state index contributed by atoms with van der Waals surface area (Å²) >= 11 is 1.41. The minimum absolute atomic E-state index is 0.108. The minimum atomic E-state index is -0.108. The summed E-state index contributed by atoms with van der Waals surface area (Å²) < 4.78 is 12.9. The van der Waals surface area contributed by atoms with Gasteiger partial charge < -0.3 is 14.8 Å². The Bertz CT molecular complexity index is 1100. The van der Waals surface area contributed by atoms with E-state index in [0.717, 1.165) is 23.0 Å². The van der Waals surface area contributed by atoms with E-state index in [-0.39, 0.29) is 18.5 Å². The molecule has 0 saturated heterocycles. The first-order chi connectivity index (χ1) is 15.7. The lowest BCUT2D eigenvalue weighted by Crippen LogP contribution is -2.23. The van der Waals surface area contributed by atoms with Gasteiger partial charge in [0.15, 0.2) is 22.5 Å². The maximum Gasteiger partial charge on any atom is 0.234 e. The molecule has 1 aliphatic carbocycles. The lowest BCUT2D eigenvalue weighted by molar-refractivity contribution is -0.113. The summed E-state index contributed by atoms with van der Waals surface area (Å²) in [5.41, 5.74) is 1.62. The van der Waals surface area contributed by atoms with Crippen LogP contribution in [0.15, 0.2) is 47.9 Å². The zero-order chi connectivity index (χ0) is 21.9. The highest BCUT2D eigenvalue weighted by Gasteiger charge is 2.29. The molecule has 9 heteroatoms. The van der Waals surface area contributed by atoms with Gasteiger partial charge in [0.25, 0.3) is 0 Å². The Labute approximate surface area is 190 Å². The molecular weight excluding hydrogens is 426 g/mol. The zero-order valence-electron chi connectivity index (χ0n) is 17.9. The Morgan fingerprint density at radius 2 is 2.06 bits per heavy atom. The number of pyridine rings is 1. The van der Waals surface area contributed by atoms with Crippen molar-refractivity contribution in [2.45, 2.75) is 43.8 Å². The molecule has 8 nitrogen and oxygen atoms in total. The number of carbonyl (C=O) groups excluding carboxylic acids is 1. The van der Waals surface area contributed by atoms with Crippen molar-refractivity contribution in [2.24, 2.45) is 5.92 Å². The number of thioether (sulfide) groups is 1. The molecular formula is C23H25N5O3S. The van der Waals surface area contributed by atoms with Crippen LogP contribution in [0.25, 0.3) is 11.4 Å². The average molecular weight is 452 g/mol. The van der Waals surface area contributed by atoms with Crippen molar-refractivity contribution in [3.05, 3.63) is 42.7 Å². The Balaban J connectivity index is 1.34. The number of aromatic nitrogens is 4. The normalized spacial score (nSPS) is 19.7. The summed E-state index contributed by atoms with van der Waals surface area (Å²) in [6, 6.07) is 9.60. The van der Waals surface area contributed by atoms with Crippen LogP contribution in [-0.2, 0) is 4.79 Å². The molecule has 2 aliphatic rings. The number of anilines is 1. The molecule has 2 aromatic heterocycles. The third-order valence-electron chi connectivity index (χ3n) is 5.97. The fraction of sp³-hybridized carbons (Fsp3) is 0.391. The number of rotatable bonds is 6. The van der Waals surface area contributed by atoms with Crippen molar-refractivity contribution in [3.63, 3.8) is 0 Å². The van der Waals surface area contributed by atoms with E-state index < -0.39 is 0 Å². The molecule has 1 aliphatic heterocycles. The molecule has 3 heterocycles. The van der Waals surface area contributed by atoms with Crippen molar-refractivity contribution in [1.82, 2.24) is 19.7 Å². The van der Waals surface area contributed by atoms with Gasteiger partial charge in [-0.2, -0.15) is 0 Å². The predicted molar refractivity (Wildman–Crippen MR) is 122 cm³/mol. The zero-order valence-corrected chi connectivity index (χ0v) is 18.7. The van der Waals surface area contributed by atoms with E-state index in [2.05, 4.69) is 32.0 Å². The largest absolute Gasteiger partial charge is 0.454 e. The first-order valence-corrected chi connectivity index (χ1v) is 11.8. The minimum Gasteiger partial charge on any atom is -0.454 e. The van der Waals surface area contributed by atoms with Crippen LogP contribution in [0.4, 0.5) is 5.69 Å². The number of carbonyl (C=O) groups is 1. The molecule has 0 unspecified atom stereocenters. The van der Waals surface area contributed by atoms with Gasteiger partial charge in [-0.15, -0.1) is 10.2 Å². The number of ether oxygens (including phenoxy) is 2.